The van der Waals surface area contributed by atoms with E-state index in [4.69, 9.17) is 0 Å². The smallest absolute Gasteiger partial charge is 0.253 e. The minimum Gasteiger partial charge on any atom is -0.339 e. The van der Waals surface area contributed by atoms with Gasteiger partial charge in [-0.1, -0.05) is 12.1 Å². The fourth-order valence-corrected chi connectivity index (χ4v) is 2.21. The molecule has 1 aromatic heterocycles. The van der Waals surface area contributed by atoms with Crippen molar-refractivity contribution in [3.05, 3.63) is 53.6 Å². The Hall–Kier alpha value is -2.10. The zero-order chi connectivity index (χ0) is 14.5. The van der Waals surface area contributed by atoms with Gasteiger partial charge in [0.25, 0.3) is 5.91 Å². The standard InChI is InChI=1S/C16H21N3O/c1-4-18(5-2)16(20)15-8-6-14(7-9-15)12-19-11-10-17-13(19)3/h6-11H,4-5,12H2,1-3H3. The molecule has 0 saturated carbocycles. The number of rotatable bonds is 5. The van der Waals surface area contributed by atoms with E-state index in [0.717, 1.165) is 31.0 Å². The van der Waals surface area contributed by atoms with E-state index in [1.165, 1.54) is 5.56 Å². The molecule has 0 bridgehead atoms. The highest BCUT2D eigenvalue weighted by Gasteiger charge is 2.11. The van der Waals surface area contributed by atoms with Crippen LogP contribution >= 0.6 is 0 Å². The molecule has 1 heterocycles. The predicted octanol–water partition coefficient (Wildman–Crippen LogP) is 2.72. The Balaban J connectivity index is 2.10. The molecular weight excluding hydrogens is 250 g/mol. The van der Waals surface area contributed by atoms with Crippen molar-refractivity contribution in [1.82, 2.24) is 14.5 Å². The Morgan fingerprint density at radius 3 is 2.35 bits per heavy atom. The van der Waals surface area contributed by atoms with E-state index in [2.05, 4.69) is 9.55 Å². The number of hydrogen-bond acceptors (Lipinski definition) is 2. The molecule has 0 aliphatic rings. The molecule has 0 N–H and O–H groups in total. The van der Waals surface area contributed by atoms with Crippen molar-refractivity contribution in [3.63, 3.8) is 0 Å². The van der Waals surface area contributed by atoms with Crippen molar-refractivity contribution in [3.8, 4) is 0 Å². The Morgan fingerprint density at radius 1 is 1.20 bits per heavy atom. The minimum absolute atomic E-state index is 0.0976. The van der Waals surface area contributed by atoms with Crippen molar-refractivity contribution < 1.29 is 4.79 Å². The zero-order valence-corrected chi connectivity index (χ0v) is 12.3. The first-order valence-corrected chi connectivity index (χ1v) is 7.01. The van der Waals surface area contributed by atoms with Gasteiger partial charge >= 0.3 is 0 Å². The van der Waals surface area contributed by atoms with Crippen LogP contribution in [0.4, 0.5) is 0 Å². The average molecular weight is 271 g/mol. The molecular formula is C16H21N3O. The second-order valence-corrected chi connectivity index (χ2v) is 4.78. The van der Waals surface area contributed by atoms with Gasteiger partial charge in [0.05, 0.1) is 0 Å². The SMILES string of the molecule is CCN(CC)C(=O)c1ccc(Cn2ccnc2C)cc1. The first-order chi connectivity index (χ1) is 9.65. The molecule has 0 atom stereocenters. The van der Waals surface area contributed by atoms with Crippen LogP contribution < -0.4 is 0 Å². The molecule has 1 aromatic carbocycles. The molecule has 0 spiro atoms. The van der Waals surface area contributed by atoms with E-state index in [1.54, 1.807) is 6.20 Å². The Labute approximate surface area is 120 Å². The number of carbonyl (C=O) groups is 1. The van der Waals surface area contributed by atoms with Crippen LogP contribution in [0.3, 0.4) is 0 Å². The molecule has 0 unspecified atom stereocenters. The van der Waals surface area contributed by atoms with Crippen LogP contribution in [0.1, 0.15) is 35.6 Å². The highest BCUT2D eigenvalue weighted by Crippen LogP contribution is 2.10. The van der Waals surface area contributed by atoms with Crippen LogP contribution in [-0.2, 0) is 6.54 Å². The number of hydrogen-bond donors (Lipinski definition) is 0. The summed E-state index contributed by atoms with van der Waals surface area (Å²) in [5, 5.41) is 0. The number of benzene rings is 1. The molecule has 4 heteroatoms. The summed E-state index contributed by atoms with van der Waals surface area (Å²) in [5.41, 5.74) is 1.92. The van der Waals surface area contributed by atoms with Crippen LogP contribution in [-0.4, -0.2) is 33.4 Å². The molecule has 0 radical (unpaired) electrons. The van der Waals surface area contributed by atoms with Crippen molar-refractivity contribution in [2.45, 2.75) is 27.3 Å². The van der Waals surface area contributed by atoms with Gasteiger partial charge in [0.15, 0.2) is 0 Å². The van der Waals surface area contributed by atoms with Crippen molar-refractivity contribution in [1.29, 1.82) is 0 Å². The Bertz CT molecular complexity index is 568. The fourth-order valence-electron chi connectivity index (χ4n) is 2.21. The first kappa shape index (κ1) is 14.3. The molecule has 2 aromatic rings. The van der Waals surface area contributed by atoms with Gasteiger partial charge in [0.1, 0.15) is 5.82 Å². The maximum Gasteiger partial charge on any atom is 0.253 e. The summed E-state index contributed by atoms with van der Waals surface area (Å²) in [6, 6.07) is 7.83. The molecule has 20 heavy (non-hydrogen) atoms. The maximum atomic E-state index is 12.2. The molecule has 0 saturated heterocycles. The summed E-state index contributed by atoms with van der Waals surface area (Å²) < 4.78 is 2.08. The molecule has 0 fully saturated rings. The highest BCUT2D eigenvalue weighted by atomic mass is 16.2. The minimum atomic E-state index is 0.0976. The molecule has 0 aliphatic carbocycles. The number of imidazole rings is 1. The van der Waals surface area contributed by atoms with Crippen LogP contribution in [0.2, 0.25) is 0 Å². The molecule has 0 aliphatic heterocycles. The molecule has 1 amide bonds. The summed E-state index contributed by atoms with van der Waals surface area (Å²) >= 11 is 0. The van der Waals surface area contributed by atoms with Gasteiger partial charge in [-0.15, -0.1) is 0 Å². The third-order valence-corrected chi connectivity index (χ3v) is 3.53. The van der Waals surface area contributed by atoms with E-state index in [-0.39, 0.29) is 5.91 Å². The quantitative estimate of drug-likeness (QED) is 0.838. The van der Waals surface area contributed by atoms with Gasteiger partial charge in [-0.2, -0.15) is 0 Å². The zero-order valence-electron chi connectivity index (χ0n) is 12.3. The van der Waals surface area contributed by atoms with Crippen molar-refractivity contribution in [2.75, 3.05) is 13.1 Å². The van der Waals surface area contributed by atoms with Crippen molar-refractivity contribution in [2.24, 2.45) is 0 Å². The number of nitrogens with zero attached hydrogens (tertiary/aromatic N) is 3. The van der Waals surface area contributed by atoms with Gasteiger partial charge in [-0.25, -0.2) is 4.98 Å². The maximum absolute atomic E-state index is 12.2. The highest BCUT2D eigenvalue weighted by molar-refractivity contribution is 5.94. The Morgan fingerprint density at radius 2 is 1.85 bits per heavy atom. The summed E-state index contributed by atoms with van der Waals surface area (Å²) in [4.78, 5) is 18.2. The second-order valence-electron chi connectivity index (χ2n) is 4.78. The summed E-state index contributed by atoms with van der Waals surface area (Å²) in [7, 11) is 0. The van der Waals surface area contributed by atoms with Gasteiger partial charge < -0.3 is 9.47 Å². The fraction of sp³-hybridized carbons (Fsp3) is 0.375. The summed E-state index contributed by atoms with van der Waals surface area (Å²) in [6.45, 7) is 8.25. The Kier molecular flexibility index (Phi) is 4.56. The van der Waals surface area contributed by atoms with E-state index in [0.29, 0.717) is 0 Å². The lowest BCUT2D eigenvalue weighted by atomic mass is 10.1. The average Bonchev–Trinajstić information content (AvgIpc) is 2.86. The lowest BCUT2D eigenvalue weighted by molar-refractivity contribution is 0.0773. The van der Waals surface area contributed by atoms with Gasteiger partial charge in [-0.3, -0.25) is 4.79 Å². The molecule has 106 valence electrons. The third-order valence-electron chi connectivity index (χ3n) is 3.53. The van der Waals surface area contributed by atoms with Crippen LogP contribution in [0.15, 0.2) is 36.7 Å². The van der Waals surface area contributed by atoms with E-state index < -0.39 is 0 Å². The van der Waals surface area contributed by atoms with Gasteiger partial charge in [-0.05, 0) is 38.5 Å². The number of carbonyl (C=O) groups excluding carboxylic acids is 1. The first-order valence-electron chi connectivity index (χ1n) is 7.01. The number of aryl methyl sites for hydroxylation is 1. The molecule has 4 nitrogen and oxygen atoms in total. The molecule has 2 rings (SSSR count). The summed E-state index contributed by atoms with van der Waals surface area (Å²) in [5.74, 6) is 1.09. The van der Waals surface area contributed by atoms with Crippen LogP contribution in [0.5, 0.6) is 0 Å². The predicted molar refractivity (Wildman–Crippen MR) is 79.8 cm³/mol. The van der Waals surface area contributed by atoms with E-state index >= 15 is 0 Å². The van der Waals surface area contributed by atoms with Gasteiger partial charge in [0.2, 0.25) is 0 Å². The topological polar surface area (TPSA) is 38.1 Å². The van der Waals surface area contributed by atoms with E-state index in [9.17, 15) is 4.79 Å². The lowest BCUT2D eigenvalue weighted by Crippen LogP contribution is -2.30. The monoisotopic (exact) mass is 271 g/mol. The second kappa shape index (κ2) is 6.37. The normalized spacial score (nSPS) is 10.6. The van der Waals surface area contributed by atoms with Crippen LogP contribution in [0.25, 0.3) is 0 Å². The third kappa shape index (κ3) is 3.07. The number of amides is 1. The lowest BCUT2D eigenvalue weighted by Gasteiger charge is -2.18. The van der Waals surface area contributed by atoms with Gasteiger partial charge in [0, 0.05) is 37.6 Å². The van der Waals surface area contributed by atoms with Crippen molar-refractivity contribution >= 4 is 5.91 Å². The van der Waals surface area contributed by atoms with E-state index in [1.807, 2.05) is 56.1 Å². The largest absolute Gasteiger partial charge is 0.339 e. The summed E-state index contributed by atoms with van der Waals surface area (Å²) in [6.07, 6.45) is 3.76. The number of aromatic nitrogens is 2. The van der Waals surface area contributed by atoms with Crippen LogP contribution in [0, 0.1) is 6.92 Å².